The number of furan rings is 1. The highest BCUT2D eigenvalue weighted by Gasteiger charge is 2.46. The van der Waals surface area contributed by atoms with Crippen LogP contribution < -0.4 is 0 Å². The highest BCUT2D eigenvalue weighted by atomic mass is 16.3. The van der Waals surface area contributed by atoms with E-state index in [9.17, 15) is 14.7 Å². The molecule has 2 aromatic carbocycles. The molecule has 4 rings (SSSR count). The van der Waals surface area contributed by atoms with Gasteiger partial charge in [0.25, 0.3) is 11.7 Å². The Morgan fingerprint density at radius 1 is 1.06 bits per heavy atom. The summed E-state index contributed by atoms with van der Waals surface area (Å²) in [5.41, 5.74) is 4.33. The molecule has 1 amide bonds. The lowest BCUT2D eigenvalue weighted by atomic mass is 9.84. The van der Waals surface area contributed by atoms with Crippen molar-refractivity contribution >= 4 is 17.4 Å². The van der Waals surface area contributed by atoms with E-state index in [2.05, 4.69) is 34.6 Å². The molecule has 5 heteroatoms. The molecule has 3 aromatic rings. The van der Waals surface area contributed by atoms with Crippen molar-refractivity contribution in [1.29, 1.82) is 0 Å². The van der Waals surface area contributed by atoms with Crippen LogP contribution in [0.3, 0.4) is 0 Å². The van der Waals surface area contributed by atoms with Gasteiger partial charge in [-0.2, -0.15) is 0 Å². The second kappa shape index (κ2) is 9.21. The number of aryl methyl sites for hydroxylation is 1. The van der Waals surface area contributed by atoms with Gasteiger partial charge in [0.1, 0.15) is 11.5 Å². The normalized spacial score (nSPS) is 18.0. The Morgan fingerprint density at radius 2 is 1.74 bits per heavy atom. The van der Waals surface area contributed by atoms with Crippen molar-refractivity contribution in [3.05, 3.63) is 100 Å². The minimum Gasteiger partial charge on any atom is -0.507 e. The number of hydrogen-bond acceptors (Lipinski definition) is 4. The van der Waals surface area contributed by atoms with Gasteiger partial charge in [0.2, 0.25) is 0 Å². The molecule has 35 heavy (non-hydrogen) atoms. The van der Waals surface area contributed by atoms with E-state index in [-0.39, 0.29) is 23.3 Å². The molecule has 0 aliphatic carbocycles. The highest BCUT2D eigenvalue weighted by molar-refractivity contribution is 6.46. The van der Waals surface area contributed by atoms with Crippen molar-refractivity contribution < 1.29 is 19.1 Å². The van der Waals surface area contributed by atoms with Crippen LogP contribution in [0.25, 0.3) is 5.76 Å². The average molecular weight is 472 g/mol. The van der Waals surface area contributed by atoms with Crippen molar-refractivity contribution in [2.75, 3.05) is 0 Å². The fourth-order valence-corrected chi connectivity index (χ4v) is 4.51. The van der Waals surface area contributed by atoms with Gasteiger partial charge in [-0.05, 0) is 58.7 Å². The van der Waals surface area contributed by atoms with Crippen molar-refractivity contribution in [1.82, 2.24) is 4.90 Å². The third kappa shape index (κ3) is 4.68. The minimum absolute atomic E-state index is 0.105. The summed E-state index contributed by atoms with van der Waals surface area (Å²) in [5.74, 6) is -0.562. The zero-order chi connectivity index (χ0) is 25.5. The second-order valence-electron chi connectivity index (χ2n) is 10.6. The van der Waals surface area contributed by atoms with E-state index in [4.69, 9.17) is 4.42 Å². The molecule has 1 aliphatic heterocycles. The molecular formula is C30H33NO4. The summed E-state index contributed by atoms with van der Waals surface area (Å²) in [5, 5.41) is 11.6. The van der Waals surface area contributed by atoms with Crippen LogP contribution in [0.1, 0.15) is 80.2 Å². The number of aliphatic hydroxyl groups is 1. The third-order valence-corrected chi connectivity index (χ3v) is 6.72. The lowest BCUT2D eigenvalue weighted by molar-refractivity contribution is -0.140. The van der Waals surface area contributed by atoms with Gasteiger partial charge in [-0.1, -0.05) is 71.0 Å². The Balaban J connectivity index is 1.90. The van der Waals surface area contributed by atoms with Crippen LogP contribution in [0.5, 0.6) is 0 Å². The van der Waals surface area contributed by atoms with Gasteiger partial charge >= 0.3 is 0 Å². The average Bonchev–Trinajstić information content (AvgIpc) is 3.40. The molecule has 1 atom stereocenters. The summed E-state index contributed by atoms with van der Waals surface area (Å²) >= 11 is 0. The minimum atomic E-state index is -0.723. The first kappa shape index (κ1) is 24.5. The van der Waals surface area contributed by atoms with Gasteiger partial charge in [-0.3, -0.25) is 9.59 Å². The Morgan fingerprint density at radius 3 is 2.31 bits per heavy atom. The van der Waals surface area contributed by atoms with E-state index in [1.807, 2.05) is 49.4 Å². The van der Waals surface area contributed by atoms with Gasteiger partial charge in [-0.15, -0.1) is 0 Å². The molecule has 1 saturated heterocycles. The molecule has 0 spiro atoms. The Bertz CT molecular complexity index is 1270. The Labute approximate surface area is 207 Å². The molecule has 1 aliphatic rings. The summed E-state index contributed by atoms with van der Waals surface area (Å²) in [6.45, 7) is 12.5. The SMILES string of the molecule is Cc1ccc(C(C)(C)C)cc1/C(O)=C1\C(=O)C(=O)N(Cc2ccco2)C1c1ccc(C(C)C)cc1. The maximum Gasteiger partial charge on any atom is 0.296 e. The maximum atomic E-state index is 13.4. The number of carbonyl (C=O) groups is 2. The van der Waals surface area contributed by atoms with Crippen molar-refractivity contribution in [2.24, 2.45) is 0 Å². The zero-order valence-corrected chi connectivity index (χ0v) is 21.3. The fourth-order valence-electron chi connectivity index (χ4n) is 4.51. The molecule has 5 nitrogen and oxygen atoms in total. The van der Waals surface area contributed by atoms with Gasteiger partial charge in [0.05, 0.1) is 24.4 Å². The molecule has 1 unspecified atom stereocenters. The third-order valence-electron chi connectivity index (χ3n) is 6.72. The summed E-state index contributed by atoms with van der Waals surface area (Å²) in [4.78, 5) is 28.1. The van der Waals surface area contributed by atoms with Gasteiger partial charge in [0, 0.05) is 5.56 Å². The number of nitrogens with zero attached hydrogens (tertiary/aromatic N) is 1. The predicted octanol–water partition coefficient (Wildman–Crippen LogP) is 6.63. The van der Waals surface area contributed by atoms with E-state index in [0.717, 1.165) is 22.3 Å². The largest absolute Gasteiger partial charge is 0.507 e. The molecule has 2 heterocycles. The summed E-state index contributed by atoms with van der Waals surface area (Å²) in [6, 6.07) is 16.6. The first-order valence-electron chi connectivity index (χ1n) is 12.0. The van der Waals surface area contributed by atoms with Crippen LogP contribution in [0.15, 0.2) is 70.9 Å². The molecule has 0 radical (unpaired) electrons. The summed E-state index contributed by atoms with van der Waals surface area (Å²) in [6.07, 6.45) is 1.54. The van der Waals surface area contributed by atoms with Crippen molar-refractivity contribution in [2.45, 2.75) is 65.5 Å². The van der Waals surface area contributed by atoms with Gasteiger partial charge < -0.3 is 14.4 Å². The maximum absolute atomic E-state index is 13.4. The topological polar surface area (TPSA) is 70.8 Å². The predicted molar refractivity (Wildman–Crippen MR) is 137 cm³/mol. The standard InChI is InChI=1S/C30H33NO4/c1-18(2)20-10-12-21(13-11-20)26-25(28(33)29(34)31(26)17-23-8-7-15-35-23)27(32)24-16-22(30(4,5)6)14-9-19(24)3/h7-16,18,26,32H,17H2,1-6H3/b27-25+. The monoisotopic (exact) mass is 471 g/mol. The number of benzene rings is 2. The van der Waals surface area contributed by atoms with E-state index >= 15 is 0 Å². The lowest BCUT2D eigenvalue weighted by Gasteiger charge is -2.25. The Hall–Kier alpha value is -3.60. The summed E-state index contributed by atoms with van der Waals surface area (Å²) in [7, 11) is 0. The zero-order valence-electron chi connectivity index (χ0n) is 21.3. The number of aliphatic hydroxyl groups excluding tert-OH is 1. The number of Topliss-reactive ketones (excluding diaryl/α,β-unsaturated/α-hetero) is 1. The molecule has 1 N–H and O–H groups in total. The summed E-state index contributed by atoms with van der Waals surface area (Å²) < 4.78 is 5.48. The number of ketones is 1. The van der Waals surface area contributed by atoms with E-state index in [1.165, 1.54) is 4.90 Å². The van der Waals surface area contributed by atoms with Crippen LogP contribution in [0.2, 0.25) is 0 Å². The highest BCUT2D eigenvalue weighted by Crippen LogP contribution is 2.41. The fraction of sp³-hybridized carbons (Fsp3) is 0.333. The first-order valence-corrected chi connectivity index (χ1v) is 12.0. The van der Waals surface area contributed by atoms with Crippen LogP contribution in [-0.2, 0) is 21.5 Å². The molecule has 0 saturated carbocycles. The molecule has 1 fully saturated rings. The van der Waals surface area contributed by atoms with Crippen molar-refractivity contribution in [3.8, 4) is 0 Å². The number of likely N-dealkylation sites (tertiary alicyclic amines) is 1. The van der Waals surface area contributed by atoms with Gasteiger partial charge in [0.15, 0.2) is 0 Å². The smallest absolute Gasteiger partial charge is 0.296 e. The number of hydrogen-bond donors (Lipinski definition) is 1. The van der Waals surface area contributed by atoms with Gasteiger partial charge in [-0.25, -0.2) is 0 Å². The quantitative estimate of drug-likeness (QED) is 0.258. The second-order valence-corrected chi connectivity index (χ2v) is 10.6. The number of amides is 1. The molecular weight excluding hydrogens is 438 g/mol. The van der Waals surface area contributed by atoms with E-state index < -0.39 is 17.7 Å². The first-order chi connectivity index (χ1) is 16.5. The van der Waals surface area contributed by atoms with E-state index in [0.29, 0.717) is 17.2 Å². The molecule has 0 bridgehead atoms. The van der Waals surface area contributed by atoms with Crippen LogP contribution in [0.4, 0.5) is 0 Å². The molecule has 1 aromatic heterocycles. The van der Waals surface area contributed by atoms with E-state index in [1.54, 1.807) is 18.4 Å². The van der Waals surface area contributed by atoms with Crippen LogP contribution >= 0.6 is 0 Å². The number of carbonyl (C=O) groups excluding carboxylic acids is 2. The molecule has 182 valence electrons. The number of rotatable bonds is 5. The lowest BCUT2D eigenvalue weighted by Crippen LogP contribution is -2.29. The van der Waals surface area contributed by atoms with Crippen LogP contribution in [-0.4, -0.2) is 21.7 Å². The van der Waals surface area contributed by atoms with Crippen LogP contribution in [0, 0.1) is 6.92 Å². The Kier molecular flexibility index (Phi) is 6.46. The van der Waals surface area contributed by atoms with Crippen molar-refractivity contribution in [3.63, 3.8) is 0 Å².